The molecule has 0 aromatic heterocycles. The Morgan fingerprint density at radius 3 is 2.94 bits per heavy atom. The van der Waals surface area contributed by atoms with Crippen LogP contribution in [0.5, 0.6) is 0 Å². The molecule has 0 bridgehead atoms. The number of ether oxygens (including phenoxy) is 1. The molecule has 4 rings (SSSR count). The number of piperazine rings is 1. The number of carbonyl (C=O) groups excluding carboxylic acids is 3. The van der Waals surface area contributed by atoms with Crippen molar-refractivity contribution in [3.8, 4) is 0 Å². The molecule has 3 aliphatic heterocycles. The van der Waals surface area contributed by atoms with E-state index < -0.39 is 5.82 Å². The van der Waals surface area contributed by atoms with E-state index in [9.17, 15) is 18.8 Å². The predicted molar refractivity (Wildman–Crippen MR) is 115 cm³/mol. The van der Waals surface area contributed by atoms with Gasteiger partial charge in [-0.05, 0) is 43.9 Å². The number of hydrogen-bond acceptors (Lipinski definition) is 5. The van der Waals surface area contributed by atoms with Crippen LogP contribution in [0.4, 0.5) is 4.39 Å². The van der Waals surface area contributed by atoms with Gasteiger partial charge in [-0.1, -0.05) is 6.07 Å². The zero-order chi connectivity index (χ0) is 22.7. The summed E-state index contributed by atoms with van der Waals surface area (Å²) in [6.07, 6.45) is 3.54. The molecule has 174 valence electrons. The highest BCUT2D eigenvalue weighted by Gasteiger charge is 2.44. The normalized spacial score (nSPS) is 27.8. The zero-order valence-corrected chi connectivity index (χ0v) is 18.4. The molecular weight excluding hydrogens is 415 g/mol. The van der Waals surface area contributed by atoms with Crippen LogP contribution in [-0.2, 0) is 14.3 Å². The Labute approximate surface area is 187 Å². The van der Waals surface area contributed by atoms with Crippen LogP contribution in [0.2, 0.25) is 0 Å². The Hall–Kier alpha value is -2.52. The van der Waals surface area contributed by atoms with Crippen molar-refractivity contribution in [2.24, 2.45) is 0 Å². The number of methoxy groups -OCH3 is 1. The topological polar surface area (TPSA) is 91.0 Å². The van der Waals surface area contributed by atoms with E-state index in [0.29, 0.717) is 39.0 Å². The van der Waals surface area contributed by atoms with Gasteiger partial charge in [0.15, 0.2) is 0 Å². The number of carbonyl (C=O) groups is 3. The first-order valence-electron chi connectivity index (χ1n) is 11.3. The number of benzene rings is 1. The zero-order valence-electron chi connectivity index (χ0n) is 18.4. The summed E-state index contributed by atoms with van der Waals surface area (Å²) in [6.45, 7) is 2.36. The third-order valence-electron chi connectivity index (χ3n) is 6.79. The van der Waals surface area contributed by atoms with Crippen LogP contribution in [-0.4, -0.2) is 85.0 Å². The maximum atomic E-state index is 13.4. The van der Waals surface area contributed by atoms with Crippen molar-refractivity contribution in [3.63, 3.8) is 0 Å². The van der Waals surface area contributed by atoms with E-state index in [0.717, 1.165) is 19.4 Å². The number of nitrogens with zero attached hydrogens (tertiary/aromatic N) is 2. The monoisotopic (exact) mass is 446 g/mol. The van der Waals surface area contributed by atoms with E-state index in [-0.39, 0.29) is 47.5 Å². The average Bonchev–Trinajstić information content (AvgIpc) is 3.41. The summed E-state index contributed by atoms with van der Waals surface area (Å²) in [5, 5.41) is 5.88. The minimum atomic E-state index is -0.462. The highest BCUT2D eigenvalue weighted by Crippen LogP contribution is 2.27. The van der Waals surface area contributed by atoms with Gasteiger partial charge < -0.3 is 20.3 Å². The van der Waals surface area contributed by atoms with Gasteiger partial charge in [0.25, 0.3) is 5.91 Å². The molecule has 4 unspecified atom stereocenters. The smallest absolute Gasteiger partial charge is 0.251 e. The van der Waals surface area contributed by atoms with E-state index in [1.54, 1.807) is 13.2 Å². The largest absolute Gasteiger partial charge is 0.383 e. The molecule has 2 N–H and O–H groups in total. The van der Waals surface area contributed by atoms with Crippen molar-refractivity contribution in [2.75, 3.05) is 33.4 Å². The average molecular weight is 447 g/mol. The second kappa shape index (κ2) is 9.95. The molecule has 1 aromatic carbocycles. The molecule has 3 amide bonds. The van der Waals surface area contributed by atoms with Crippen molar-refractivity contribution in [3.05, 3.63) is 35.6 Å². The number of fused-ring (bicyclic) bond motifs is 1. The van der Waals surface area contributed by atoms with E-state index in [1.807, 2.05) is 4.90 Å². The summed E-state index contributed by atoms with van der Waals surface area (Å²) < 4.78 is 18.7. The van der Waals surface area contributed by atoms with Crippen LogP contribution in [0.1, 0.15) is 42.5 Å². The lowest BCUT2D eigenvalue weighted by atomic mass is 10.0. The van der Waals surface area contributed by atoms with Crippen LogP contribution >= 0.6 is 0 Å². The van der Waals surface area contributed by atoms with Crippen LogP contribution < -0.4 is 10.6 Å². The van der Waals surface area contributed by atoms with Gasteiger partial charge in [0.1, 0.15) is 5.82 Å². The maximum Gasteiger partial charge on any atom is 0.251 e. The van der Waals surface area contributed by atoms with Crippen LogP contribution in [0.15, 0.2) is 24.3 Å². The van der Waals surface area contributed by atoms with Gasteiger partial charge in [-0.15, -0.1) is 0 Å². The Morgan fingerprint density at radius 2 is 2.16 bits per heavy atom. The third kappa shape index (κ3) is 4.94. The SMILES string of the molecule is COCC1CCCN1C(=O)CCC1CNC(=O)C2CC(NC(=O)c3cccc(F)c3)CN12. The molecule has 3 fully saturated rings. The van der Waals surface area contributed by atoms with Gasteiger partial charge in [0.2, 0.25) is 11.8 Å². The molecule has 3 aliphatic rings. The standard InChI is InChI=1S/C23H31FN4O4/c1-32-14-19-6-3-9-27(19)21(29)8-7-18-12-25-23(31)20-11-17(13-28(18)20)26-22(30)15-4-2-5-16(24)10-15/h2,4-5,10,17-20H,3,6-9,11-14H2,1H3,(H,25,31)(H,26,30). The Kier molecular flexibility index (Phi) is 7.05. The second-order valence-electron chi connectivity index (χ2n) is 8.91. The van der Waals surface area contributed by atoms with Crippen molar-refractivity contribution >= 4 is 17.7 Å². The molecule has 9 heteroatoms. The van der Waals surface area contributed by atoms with E-state index in [4.69, 9.17) is 4.74 Å². The number of hydrogen-bond donors (Lipinski definition) is 2. The molecule has 0 radical (unpaired) electrons. The fourth-order valence-corrected chi connectivity index (χ4v) is 5.21. The second-order valence-corrected chi connectivity index (χ2v) is 8.91. The Bertz CT molecular complexity index is 866. The molecule has 0 spiro atoms. The van der Waals surface area contributed by atoms with E-state index in [2.05, 4.69) is 15.5 Å². The molecular formula is C23H31FN4O4. The number of rotatable bonds is 7. The molecule has 32 heavy (non-hydrogen) atoms. The minimum Gasteiger partial charge on any atom is -0.383 e. The lowest BCUT2D eigenvalue weighted by Gasteiger charge is -2.37. The molecule has 0 aliphatic carbocycles. The first-order chi connectivity index (χ1) is 15.5. The van der Waals surface area contributed by atoms with Crippen molar-refractivity contribution in [2.45, 2.75) is 56.3 Å². The predicted octanol–water partition coefficient (Wildman–Crippen LogP) is 0.914. The minimum absolute atomic E-state index is 0.0428. The van der Waals surface area contributed by atoms with Crippen LogP contribution in [0.3, 0.4) is 0 Å². The molecule has 3 heterocycles. The Morgan fingerprint density at radius 1 is 1.31 bits per heavy atom. The van der Waals surface area contributed by atoms with E-state index in [1.165, 1.54) is 18.2 Å². The first kappa shape index (κ1) is 22.7. The number of nitrogens with one attached hydrogen (secondary N) is 2. The summed E-state index contributed by atoms with van der Waals surface area (Å²) in [4.78, 5) is 41.8. The van der Waals surface area contributed by atoms with Gasteiger partial charge in [0.05, 0.1) is 18.7 Å². The van der Waals surface area contributed by atoms with Crippen molar-refractivity contribution < 1.29 is 23.5 Å². The van der Waals surface area contributed by atoms with Crippen molar-refractivity contribution in [1.29, 1.82) is 0 Å². The fourth-order valence-electron chi connectivity index (χ4n) is 5.21. The molecule has 3 saturated heterocycles. The maximum absolute atomic E-state index is 13.4. The van der Waals surface area contributed by atoms with Crippen LogP contribution in [0.25, 0.3) is 0 Å². The lowest BCUT2D eigenvalue weighted by molar-refractivity contribution is -0.133. The van der Waals surface area contributed by atoms with Crippen molar-refractivity contribution in [1.82, 2.24) is 20.4 Å². The van der Waals surface area contributed by atoms with Gasteiger partial charge >= 0.3 is 0 Å². The van der Waals surface area contributed by atoms with Crippen LogP contribution in [0, 0.1) is 5.82 Å². The van der Waals surface area contributed by atoms with Gasteiger partial charge in [-0.2, -0.15) is 0 Å². The number of likely N-dealkylation sites (tertiary alicyclic amines) is 1. The quantitative estimate of drug-likeness (QED) is 0.650. The summed E-state index contributed by atoms with van der Waals surface area (Å²) >= 11 is 0. The highest BCUT2D eigenvalue weighted by atomic mass is 19.1. The first-order valence-corrected chi connectivity index (χ1v) is 11.3. The molecule has 8 nitrogen and oxygen atoms in total. The number of amides is 3. The molecule has 1 aromatic rings. The Balaban J connectivity index is 1.34. The fraction of sp³-hybridized carbons (Fsp3) is 0.609. The summed E-state index contributed by atoms with van der Waals surface area (Å²) in [6, 6.07) is 5.23. The highest BCUT2D eigenvalue weighted by molar-refractivity contribution is 5.94. The number of halogens is 1. The summed E-state index contributed by atoms with van der Waals surface area (Å²) in [5.41, 5.74) is 0.262. The lowest BCUT2D eigenvalue weighted by Crippen LogP contribution is -2.58. The third-order valence-corrected chi connectivity index (χ3v) is 6.79. The molecule has 0 saturated carbocycles. The van der Waals surface area contributed by atoms with E-state index >= 15 is 0 Å². The summed E-state index contributed by atoms with van der Waals surface area (Å²) in [5.74, 6) is -0.723. The van der Waals surface area contributed by atoms with Gasteiger partial charge in [-0.25, -0.2) is 4.39 Å². The van der Waals surface area contributed by atoms with Gasteiger partial charge in [-0.3, -0.25) is 19.3 Å². The summed E-state index contributed by atoms with van der Waals surface area (Å²) in [7, 11) is 1.66. The van der Waals surface area contributed by atoms with Gasteiger partial charge in [0, 0.05) is 50.8 Å². The molecule has 4 atom stereocenters.